The van der Waals surface area contributed by atoms with Crippen LogP contribution in [0.25, 0.3) is 5.57 Å². The van der Waals surface area contributed by atoms with Crippen molar-refractivity contribution in [3.8, 4) is 0 Å². The topological polar surface area (TPSA) is 0 Å². The molecule has 0 saturated carbocycles. The molecule has 0 bridgehead atoms. The molecule has 0 N–H and O–H groups in total. The highest BCUT2D eigenvalue weighted by Gasteiger charge is 2.22. The Labute approximate surface area is 134 Å². The van der Waals surface area contributed by atoms with Gasteiger partial charge in [0.05, 0.1) is 0 Å². The second kappa shape index (κ2) is 5.96. The van der Waals surface area contributed by atoms with E-state index < -0.39 is 0 Å². The van der Waals surface area contributed by atoms with Gasteiger partial charge in [0.15, 0.2) is 0 Å². The number of hydrogen-bond acceptors (Lipinski definition) is 0. The minimum absolute atomic E-state index is 0.462. The van der Waals surface area contributed by atoms with Gasteiger partial charge in [0.25, 0.3) is 0 Å². The van der Waals surface area contributed by atoms with Gasteiger partial charge in [0.1, 0.15) is 0 Å². The molecule has 1 aromatic carbocycles. The van der Waals surface area contributed by atoms with Crippen molar-refractivity contribution in [1.29, 1.82) is 0 Å². The third-order valence-corrected chi connectivity index (χ3v) is 4.93. The second-order valence-electron chi connectivity index (χ2n) is 6.33. The van der Waals surface area contributed by atoms with E-state index in [1.54, 1.807) is 0 Å². The zero-order chi connectivity index (χ0) is 15.7. The average Bonchev–Trinajstić information content (AvgIpc) is 3.02. The van der Waals surface area contributed by atoms with Gasteiger partial charge < -0.3 is 0 Å². The van der Waals surface area contributed by atoms with Crippen LogP contribution in [-0.4, -0.2) is 0 Å². The summed E-state index contributed by atoms with van der Waals surface area (Å²) >= 11 is 0. The Morgan fingerprint density at radius 2 is 1.59 bits per heavy atom. The minimum Gasteiger partial charge on any atom is -0.0987 e. The van der Waals surface area contributed by atoms with Crippen LogP contribution in [0.1, 0.15) is 43.7 Å². The van der Waals surface area contributed by atoms with Crippen molar-refractivity contribution < 1.29 is 0 Å². The lowest BCUT2D eigenvalue weighted by Gasteiger charge is -2.09. The van der Waals surface area contributed by atoms with Crippen LogP contribution in [0.15, 0.2) is 78.4 Å². The number of allylic oxidation sites excluding steroid dienone is 8. The van der Waals surface area contributed by atoms with Crippen LogP contribution >= 0.6 is 0 Å². The first kappa shape index (κ1) is 14.8. The van der Waals surface area contributed by atoms with Crippen LogP contribution in [0.2, 0.25) is 0 Å². The van der Waals surface area contributed by atoms with E-state index in [0.29, 0.717) is 11.8 Å². The molecule has 1 aromatic rings. The monoisotopic (exact) mass is 288 g/mol. The summed E-state index contributed by atoms with van der Waals surface area (Å²) in [6, 6.07) is 8.80. The molecule has 0 saturated heterocycles. The van der Waals surface area contributed by atoms with E-state index >= 15 is 0 Å². The van der Waals surface area contributed by atoms with Gasteiger partial charge in [-0.3, -0.25) is 0 Å². The van der Waals surface area contributed by atoms with Crippen LogP contribution in [0, 0.1) is 5.92 Å². The molecular formula is C22H24. The first-order valence-electron chi connectivity index (χ1n) is 8.15. The molecule has 0 aliphatic heterocycles. The quantitative estimate of drug-likeness (QED) is 0.604. The van der Waals surface area contributed by atoms with E-state index in [1.165, 1.54) is 33.4 Å². The van der Waals surface area contributed by atoms with Gasteiger partial charge in [0.2, 0.25) is 0 Å². The van der Waals surface area contributed by atoms with E-state index in [-0.39, 0.29) is 0 Å². The zero-order valence-corrected chi connectivity index (χ0v) is 13.6. The highest BCUT2D eigenvalue weighted by molar-refractivity contribution is 5.75. The molecule has 0 spiro atoms. The zero-order valence-electron chi connectivity index (χ0n) is 13.6. The number of rotatable bonds is 5. The highest BCUT2D eigenvalue weighted by atomic mass is 14.3. The number of hydrogen-bond donors (Lipinski definition) is 0. The lowest BCUT2D eigenvalue weighted by Crippen LogP contribution is -1.90. The first-order valence-corrected chi connectivity index (χ1v) is 8.15. The molecule has 112 valence electrons. The molecule has 2 aliphatic carbocycles. The Kier molecular flexibility index (Phi) is 4.02. The van der Waals surface area contributed by atoms with Gasteiger partial charge in [-0.05, 0) is 46.3 Å². The van der Waals surface area contributed by atoms with Gasteiger partial charge in [-0.1, -0.05) is 75.6 Å². The molecule has 22 heavy (non-hydrogen) atoms. The summed E-state index contributed by atoms with van der Waals surface area (Å²) in [5.74, 6) is 1.00. The predicted octanol–water partition coefficient (Wildman–Crippen LogP) is 6.21. The number of benzene rings is 1. The molecule has 0 amide bonds. The largest absolute Gasteiger partial charge is 0.0987 e. The summed E-state index contributed by atoms with van der Waals surface area (Å²) < 4.78 is 0. The normalized spacial score (nSPS) is 23.2. The summed E-state index contributed by atoms with van der Waals surface area (Å²) in [6.45, 7) is 12.5. The maximum atomic E-state index is 3.99. The van der Waals surface area contributed by atoms with Crippen molar-refractivity contribution in [3.05, 3.63) is 89.6 Å². The minimum atomic E-state index is 0.462. The van der Waals surface area contributed by atoms with Crippen molar-refractivity contribution >= 4 is 5.57 Å². The molecule has 2 atom stereocenters. The van der Waals surface area contributed by atoms with Gasteiger partial charge in [-0.25, -0.2) is 0 Å². The summed E-state index contributed by atoms with van der Waals surface area (Å²) in [6.07, 6.45) is 11.0. The van der Waals surface area contributed by atoms with E-state index in [9.17, 15) is 0 Å². The van der Waals surface area contributed by atoms with Crippen molar-refractivity contribution in [3.63, 3.8) is 0 Å². The Hall–Kier alpha value is -2.08. The molecule has 0 aromatic heterocycles. The predicted molar refractivity (Wildman–Crippen MR) is 96.7 cm³/mol. The molecule has 0 radical (unpaired) electrons. The Bertz CT molecular complexity index is 709. The maximum absolute atomic E-state index is 3.99. The molecule has 3 rings (SSSR count). The van der Waals surface area contributed by atoms with E-state index in [1.807, 2.05) is 12.2 Å². The van der Waals surface area contributed by atoms with Crippen LogP contribution in [-0.2, 0) is 0 Å². The molecule has 2 aliphatic rings. The van der Waals surface area contributed by atoms with Crippen molar-refractivity contribution in [2.75, 3.05) is 0 Å². The van der Waals surface area contributed by atoms with Crippen LogP contribution in [0.4, 0.5) is 0 Å². The SMILES string of the molecule is C=CC1=C(C=C)C(C)C=C1CCC1=CC(C)c2ccccc21. The van der Waals surface area contributed by atoms with Crippen LogP contribution < -0.4 is 0 Å². The molecule has 0 fully saturated rings. The Morgan fingerprint density at radius 1 is 0.909 bits per heavy atom. The fourth-order valence-corrected chi connectivity index (χ4v) is 3.83. The van der Waals surface area contributed by atoms with Crippen molar-refractivity contribution in [1.82, 2.24) is 0 Å². The lowest BCUT2D eigenvalue weighted by atomic mass is 9.96. The van der Waals surface area contributed by atoms with Crippen LogP contribution in [0.5, 0.6) is 0 Å². The van der Waals surface area contributed by atoms with E-state index in [4.69, 9.17) is 0 Å². The second-order valence-corrected chi connectivity index (χ2v) is 6.33. The Morgan fingerprint density at radius 3 is 2.32 bits per heavy atom. The summed E-state index contributed by atoms with van der Waals surface area (Å²) in [4.78, 5) is 0. The lowest BCUT2D eigenvalue weighted by molar-refractivity contribution is 0.902. The summed E-state index contributed by atoms with van der Waals surface area (Å²) in [7, 11) is 0. The standard InChI is InChI=1S/C22H24/c1-5-19-15(3)13-17(20(19)6-2)11-12-18-14-16(4)21-9-7-8-10-22(18)21/h5-10,13-16H,1-2,11-12H2,3-4H3. The van der Waals surface area contributed by atoms with Crippen LogP contribution in [0.3, 0.4) is 0 Å². The molecular weight excluding hydrogens is 264 g/mol. The number of fused-ring (bicyclic) bond motifs is 1. The van der Waals surface area contributed by atoms with Gasteiger partial charge in [-0.2, -0.15) is 0 Å². The molecule has 0 heterocycles. The Balaban J connectivity index is 1.79. The first-order chi connectivity index (χ1) is 10.7. The fraction of sp³-hybridized carbons (Fsp3) is 0.273. The smallest absolute Gasteiger partial charge is 0.000163 e. The van der Waals surface area contributed by atoms with E-state index in [0.717, 1.165) is 12.8 Å². The third kappa shape index (κ3) is 2.43. The van der Waals surface area contributed by atoms with E-state index in [2.05, 4.69) is 63.4 Å². The van der Waals surface area contributed by atoms with Crippen molar-refractivity contribution in [2.24, 2.45) is 5.92 Å². The average molecular weight is 288 g/mol. The molecule has 0 heteroatoms. The molecule has 0 nitrogen and oxygen atoms in total. The third-order valence-electron chi connectivity index (χ3n) is 4.93. The van der Waals surface area contributed by atoms with Gasteiger partial charge >= 0.3 is 0 Å². The highest BCUT2D eigenvalue weighted by Crippen LogP contribution is 2.40. The van der Waals surface area contributed by atoms with Gasteiger partial charge in [-0.15, -0.1) is 0 Å². The maximum Gasteiger partial charge on any atom is 0.000163 e. The summed E-state index contributed by atoms with van der Waals surface area (Å²) in [5.41, 5.74) is 8.44. The van der Waals surface area contributed by atoms with Crippen molar-refractivity contribution in [2.45, 2.75) is 32.6 Å². The van der Waals surface area contributed by atoms with Gasteiger partial charge in [0, 0.05) is 11.8 Å². The molecule has 2 unspecified atom stereocenters. The fourth-order valence-electron chi connectivity index (χ4n) is 3.83. The summed E-state index contributed by atoms with van der Waals surface area (Å²) in [5, 5.41) is 0.